The molecule has 0 unspecified atom stereocenters. The van der Waals surface area contributed by atoms with Gasteiger partial charge in [0.15, 0.2) is 0 Å². The zero-order valence-electron chi connectivity index (χ0n) is 14.5. The maximum absolute atomic E-state index is 12.5. The number of anilines is 1. The third-order valence-electron chi connectivity index (χ3n) is 3.17. The van der Waals surface area contributed by atoms with E-state index in [-0.39, 0.29) is 26.5 Å². The number of ether oxygens (including phenoxy) is 2. The Morgan fingerprint density at radius 1 is 1.19 bits per heavy atom. The fourth-order valence-corrected chi connectivity index (χ4v) is 4.06. The van der Waals surface area contributed by atoms with Crippen molar-refractivity contribution in [1.82, 2.24) is 14.7 Å². The van der Waals surface area contributed by atoms with Gasteiger partial charge in [-0.25, -0.2) is 0 Å². The van der Waals surface area contributed by atoms with E-state index in [9.17, 15) is 18.0 Å². The average molecular weight is 459 g/mol. The van der Waals surface area contributed by atoms with Gasteiger partial charge in [0.05, 0.1) is 7.11 Å². The minimum atomic E-state index is -4.34. The molecule has 10 nitrogen and oxygen atoms in total. The summed E-state index contributed by atoms with van der Waals surface area (Å²) in [5, 5.41) is 2.22. The van der Waals surface area contributed by atoms with Gasteiger partial charge in [-0.05, 0) is 0 Å². The molecule has 0 saturated carbocycles. The van der Waals surface area contributed by atoms with Crippen molar-refractivity contribution in [2.45, 2.75) is 10.7 Å². The number of methoxy groups -OCH3 is 2. The SMILES string of the molecule is COC(=O)c1ccccc1S(=O)(=O)NC(=O)Nc1ncc([Se]C)c(OC)n1. The fraction of sp³-hybridized carbons (Fsp3) is 0.200. The molecule has 1 aromatic heterocycles. The average Bonchev–Trinajstić information content (AvgIpc) is 2.66. The number of sulfonamides is 1. The summed E-state index contributed by atoms with van der Waals surface area (Å²) in [7, 11) is -1.79. The number of rotatable bonds is 6. The number of urea groups is 1. The summed E-state index contributed by atoms with van der Waals surface area (Å²) in [6.45, 7) is 0. The van der Waals surface area contributed by atoms with Gasteiger partial charge in [-0.3, -0.25) is 0 Å². The number of benzene rings is 1. The van der Waals surface area contributed by atoms with Gasteiger partial charge in [0.25, 0.3) is 0 Å². The first-order valence-corrected chi connectivity index (χ1v) is 11.3. The maximum atomic E-state index is 12.5. The number of aromatic nitrogens is 2. The van der Waals surface area contributed by atoms with Crippen LogP contribution in [0, 0.1) is 0 Å². The van der Waals surface area contributed by atoms with Gasteiger partial charge in [0, 0.05) is 0 Å². The number of carbonyl (C=O) groups is 2. The van der Waals surface area contributed by atoms with Crippen LogP contribution in [0.2, 0.25) is 5.82 Å². The topological polar surface area (TPSA) is 137 Å². The molecular weight excluding hydrogens is 443 g/mol. The number of amides is 2. The molecule has 12 heteroatoms. The van der Waals surface area contributed by atoms with E-state index < -0.39 is 26.9 Å². The number of nitrogens with zero attached hydrogens (tertiary/aromatic N) is 2. The molecule has 144 valence electrons. The Morgan fingerprint density at radius 3 is 2.52 bits per heavy atom. The van der Waals surface area contributed by atoms with E-state index in [0.29, 0.717) is 5.88 Å². The zero-order chi connectivity index (χ0) is 20.0. The molecule has 0 saturated heterocycles. The van der Waals surface area contributed by atoms with Crippen LogP contribution in [0.3, 0.4) is 0 Å². The van der Waals surface area contributed by atoms with Crippen LogP contribution in [0.5, 0.6) is 5.88 Å². The molecule has 0 aliphatic rings. The van der Waals surface area contributed by atoms with E-state index in [0.717, 1.165) is 11.6 Å². The van der Waals surface area contributed by atoms with Crippen molar-refractivity contribution in [3.63, 3.8) is 0 Å². The molecule has 0 aliphatic heterocycles. The predicted octanol–water partition coefficient (Wildman–Crippen LogP) is 0.160. The van der Waals surface area contributed by atoms with Crippen molar-refractivity contribution < 1.29 is 27.5 Å². The van der Waals surface area contributed by atoms with Gasteiger partial charge >= 0.3 is 155 Å². The van der Waals surface area contributed by atoms with Gasteiger partial charge in [-0.1, -0.05) is 0 Å². The van der Waals surface area contributed by atoms with E-state index in [1.807, 2.05) is 5.82 Å². The molecular formula is C15H16N4O6SSe. The van der Waals surface area contributed by atoms with Crippen molar-refractivity contribution in [3.05, 3.63) is 36.0 Å². The second-order valence-corrected chi connectivity index (χ2v) is 8.25. The van der Waals surface area contributed by atoms with E-state index >= 15 is 0 Å². The van der Waals surface area contributed by atoms with Gasteiger partial charge in [-0.2, -0.15) is 0 Å². The Hall–Kier alpha value is -2.69. The van der Waals surface area contributed by atoms with Crippen LogP contribution in [0.1, 0.15) is 10.4 Å². The molecule has 0 spiro atoms. The predicted molar refractivity (Wildman–Crippen MR) is 97.0 cm³/mol. The van der Waals surface area contributed by atoms with Crippen molar-refractivity contribution in [3.8, 4) is 5.88 Å². The molecule has 0 atom stereocenters. The Bertz CT molecular complexity index is 967. The summed E-state index contributed by atoms with van der Waals surface area (Å²) in [5.41, 5.74) is -0.201. The normalized spacial score (nSPS) is 10.8. The summed E-state index contributed by atoms with van der Waals surface area (Å²) in [6.07, 6.45) is 1.49. The van der Waals surface area contributed by atoms with Crippen molar-refractivity contribution in [2.24, 2.45) is 0 Å². The standard InChI is InChI=1S/C15H16N4O6SSe/c1-24-12-11(27-3)8-16-14(17-12)18-15(21)19-26(22,23)10-7-5-4-6-9(10)13(20)25-2/h4-8H,1-3H3,(H2,16,17,18,19,21). The molecule has 2 amide bonds. The molecule has 2 N–H and O–H groups in total. The molecule has 27 heavy (non-hydrogen) atoms. The third-order valence-corrected chi connectivity index (χ3v) is 6.07. The molecule has 0 bridgehead atoms. The molecule has 0 radical (unpaired) electrons. The summed E-state index contributed by atoms with van der Waals surface area (Å²) in [4.78, 5) is 31.4. The summed E-state index contributed by atoms with van der Waals surface area (Å²) in [6, 6.07) is 4.25. The van der Waals surface area contributed by atoms with Crippen LogP contribution in [-0.4, -0.2) is 59.6 Å². The first-order valence-electron chi connectivity index (χ1n) is 7.28. The molecule has 0 fully saturated rings. The number of carbonyl (C=O) groups excluding carboxylic acids is 2. The van der Waals surface area contributed by atoms with Crippen molar-refractivity contribution in [1.29, 1.82) is 0 Å². The summed E-state index contributed by atoms with van der Waals surface area (Å²) >= 11 is 0.0765. The third kappa shape index (κ3) is 4.94. The number of hydrogen-bond donors (Lipinski definition) is 2. The van der Waals surface area contributed by atoms with E-state index in [1.54, 1.807) is 4.72 Å². The van der Waals surface area contributed by atoms with Crippen LogP contribution in [0.4, 0.5) is 10.7 Å². The Balaban J connectivity index is 2.22. The summed E-state index contributed by atoms with van der Waals surface area (Å²) in [5.74, 6) is 1.26. The van der Waals surface area contributed by atoms with Crippen LogP contribution >= 0.6 is 0 Å². The first-order chi connectivity index (χ1) is 12.8. The molecule has 1 aromatic carbocycles. The second-order valence-electron chi connectivity index (χ2n) is 4.82. The fourth-order valence-electron chi connectivity index (χ4n) is 1.99. The van der Waals surface area contributed by atoms with Gasteiger partial charge in [0.1, 0.15) is 0 Å². The monoisotopic (exact) mass is 460 g/mol. The van der Waals surface area contributed by atoms with Crippen LogP contribution in [0.25, 0.3) is 0 Å². The minimum absolute atomic E-state index is 0.0765. The number of nitrogens with one attached hydrogen (secondary N) is 2. The van der Waals surface area contributed by atoms with Crippen LogP contribution < -0.4 is 19.2 Å². The zero-order valence-corrected chi connectivity index (χ0v) is 17.1. The van der Waals surface area contributed by atoms with Gasteiger partial charge in [0.2, 0.25) is 0 Å². The van der Waals surface area contributed by atoms with Gasteiger partial charge < -0.3 is 0 Å². The molecule has 2 aromatic rings. The number of esters is 1. The quantitative estimate of drug-likeness (QED) is 0.461. The Morgan fingerprint density at radius 2 is 1.89 bits per heavy atom. The molecule has 1 heterocycles. The van der Waals surface area contributed by atoms with Crippen LogP contribution in [-0.2, 0) is 14.8 Å². The second kappa shape index (κ2) is 8.80. The van der Waals surface area contributed by atoms with E-state index in [2.05, 4.69) is 20.0 Å². The van der Waals surface area contributed by atoms with E-state index in [4.69, 9.17) is 4.74 Å². The van der Waals surface area contributed by atoms with E-state index in [1.165, 1.54) is 37.6 Å². The van der Waals surface area contributed by atoms with Crippen molar-refractivity contribution in [2.75, 3.05) is 19.5 Å². The summed E-state index contributed by atoms with van der Waals surface area (Å²) < 4.78 is 37.2. The Kier molecular flexibility index (Phi) is 6.72. The first kappa shape index (κ1) is 20.6. The molecule has 0 aliphatic carbocycles. The molecule has 2 rings (SSSR count). The number of hydrogen-bond acceptors (Lipinski definition) is 8. The van der Waals surface area contributed by atoms with Gasteiger partial charge in [-0.15, -0.1) is 0 Å². The van der Waals surface area contributed by atoms with Crippen molar-refractivity contribution >= 4 is 47.4 Å². The van der Waals surface area contributed by atoms with Crippen LogP contribution in [0.15, 0.2) is 35.4 Å². The Labute approximate surface area is 161 Å².